The molecule has 2 aromatic rings. The van der Waals surface area contributed by atoms with Gasteiger partial charge in [-0.25, -0.2) is 0 Å². The lowest BCUT2D eigenvalue weighted by Crippen LogP contribution is -2.43. The lowest BCUT2D eigenvalue weighted by atomic mass is 9.89. The summed E-state index contributed by atoms with van der Waals surface area (Å²) in [6, 6.07) is 17.3. The third-order valence-electron chi connectivity index (χ3n) is 4.57. The predicted molar refractivity (Wildman–Crippen MR) is 108 cm³/mol. The molecule has 0 bridgehead atoms. The van der Waals surface area contributed by atoms with Crippen molar-refractivity contribution in [2.45, 2.75) is 39.2 Å². The number of amides is 1. The van der Waals surface area contributed by atoms with Crippen molar-refractivity contribution < 1.29 is 19.5 Å². The molecule has 0 aliphatic carbocycles. The number of hydrogen-bond donors (Lipinski definition) is 2. The van der Waals surface area contributed by atoms with E-state index in [1.54, 1.807) is 24.3 Å². The van der Waals surface area contributed by atoms with E-state index in [2.05, 4.69) is 5.32 Å². The zero-order valence-corrected chi connectivity index (χ0v) is 16.3. The Bertz CT molecular complexity index is 787. The molecule has 2 aromatic carbocycles. The molecule has 0 aromatic heterocycles. The molecule has 0 aliphatic rings. The molecule has 5 heteroatoms. The molecular weight excluding hydrogens is 354 g/mol. The molecule has 2 N–H and O–H groups in total. The zero-order chi connectivity index (χ0) is 20.5. The number of hydrogen-bond acceptors (Lipinski definition) is 3. The van der Waals surface area contributed by atoms with E-state index in [1.165, 1.54) is 0 Å². The van der Waals surface area contributed by atoms with E-state index < -0.39 is 17.9 Å². The quantitative estimate of drug-likeness (QED) is 0.657. The first-order chi connectivity index (χ1) is 13.4. The number of carbonyl (C=O) groups excluding carboxylic acids is 2. The fourth-order valence-electron chi connectivity index (χ4n) is 3.15. The van der Waals surface area contributed by atoms with Crippen molar-refractivity contribution in [1.82, 2.24) is 5.32 Å². The van der Waals surface area contributed by atoms with Crippen LogP contribution in [-0.2, 0) is 16.0 Å². The Labute approximate surface area is 165 Å². The number of Topliss-reactive ketones (excluding diaryl/α,β-unsaturated/α-hetero) is 1. The van der Waals surface area contributed by atoms with Crippen LogP contribution in [0.15, 0.2) is 60.7 Å². The molecule has 1 amide bonds. The normalized spacial score (nSPS) is 13.0. The highest BCUT2D eigenvalue weighted by Crippen LogP contribution is 2.18. The van der Waals surface area contributed by atoms with Gasteiger partial charge in [0.2, 0.25) is 0 Å². The van der Waals surface area contributed by atoms with Crippen molar-refractivity contribution in [3.8, 4) is 0 Å². The van der Waals surface area contributed by atoms with E-state index in [0.717, 1.165) is 5.56 Å². The fourth-order valence-corrected chi connectivity index (χ4v) is 3.15. The summed E-state index contributed by atoms with van der Waals surface area (Å²) in [5, 5.41) is 12.3. The minimum Gasteiger partial charge on any atom is -0.481 e. The molecule has 0 spiro atoms. The molecule has 0 saturated carbocycles. The highest BCUT2D eigenvalue weighted by atomic mass is 16.4. The lowest BCUT2D eigenvalue weighted by molar-refractivity contribution is -0.144. The third kappa shape index (κ3) is 6.65. The van der Waals surface area contributed by atoms with Gasteiger partial charge in [-0.05, 0) is 36.5 Å². The first-order valence-corrected chi connectivity index (χ1v) is 9.52. The summed E-state index contributed by atoms with van der Waals surface area (Å²) in [5.41, 5.74) is 1.37. The number of carboxylic acid groups (broad SMARTS) is 1. The van der Waals surface area contributed by atoms with Crippen molar-refractivity contribution in [2.24, 2.45) is 11.8 Å². The number of nitrogens with one attached hydrogen (secondary N) is 1. The molecule has 5 nitrogen and oxygen atoms in total. The van der Waals surface area contributed by atoms with Crippen LogP contribution < -0.4 is 5.32 Å². The zero-order valence-electron chi connectivity index (χ0n) is 16.3. The summed E-state index contributed by atoms with van der Waals surface area (Å²) < 4.78 is 0. The Balaban J connectivity index is 2.17. The van der Waals surface area contributed by atoms with Crippen LogP contribution in [0.25, 0.3) is 0 Å². The van der Waals surface area contributed by atoms with E-state index in [1.807, 2.05) is 50.2 Å². The van der Waals surface area contributed by atoms with Gasteiger partial charge in [-0.2, -0.15) is 0 Å². The Kier molecular flexibility index (Phi) is 7.93. The van der Waals surface area contributed by atoms with E-state index in [-0.39, 0.29) is 24.0 Å². The molecule has 0 aliphatic heterocycles. The molecular formula is C23H27NO4. The number of carboxylic acids is 1. The molecule has 0 fully saturated rings. The predicted octanol–water partition coefficient (Wildman–Crippen LogP) is 3.73. The van der Waals surface area contributed by atoms with Crippen LogP contribution in [0.3, 0.4) is 0 Å². The summed E-state index contributed by atoms with van der Waals surface area (Å²) in [6.07, 6.45) is 0.651. The Morgan fingerprint density at radius 2 is 1.50 bits per heavy atom. The van der Waals surface area contributed by atoms with Gasteiger partial charge >= 0.3 is 5.97 Å². The molecule has 0 heterocycles. The standard InChI is InChI=1S/C23H27NO4/c1-16(2)13-19(23(27)28)15-21(25)20(14-17-9-5-3-6-10-17)24-22(26)18-11-7-4-8-12-18/h3-12,16,19-20H,13-15H2,1-2H3,(H,24,26)(H,27,28)/t19-,20+/m1/s1. The van der Waals surface area contributed by atoms with Gasteiger partial charge < -0.3 is 10.4 Å². The Morgan fingerprint density at radius 1 is 0.929 bits per heavy atom. The van der Waals surface area contributed by atoms with Crippen molar-refractivity contribution in [3.05, 3.63) is 71.8 Å². The van der Waals surface area contributed by atoms with Gasteiger partial charge in [-0.1, -0.05) is 62.4 Å². The second kappa shape index (κ2) is 10.4. The maximum Gasteiger partial charge on any atom is 0.306 e. The van der Waals surface area contributed by atoms with Crippen molar-refractivity contribution in [2.75, 3.05) is 0 Å². The van der Waals surface area contributed by atoms with Crippen molar-refractivity contribution >= 4 is 17.7 Å². The van der Waals surface area contributed by atoms with Gasteiger partial charge in [0, 0.05) is 12.0 Å². The summed E-state index contributed by atoms with van der Waals surface area (Å²) in [7, 11) is 0. The number of ketones is 1. The molecule has 28 heavy (non-hydrogen) atoms. The van der Waals surface area contributed by atoms with Crippen molar-refractivity contribution in [3.63, 3.8) is 0 Å². The van der Waals surface area contributed by atoms with Gasteiger partial charge in [0.25, 0.3) is 5.91 Å². The van der Waals surface area contributed by atoms with Crippen LogP contribution in [-0.4, -0.2) is 28.8 Å². The molecule has 2 atom stereocenters. The minimum atomic E-state index is -0.977. The highest BCUT2D eigenvalue weighted by molar-refractivity contribution is 5.98. The Hall–Kier alpha value is -2.95. The fraction of sp³-hybridized carbons (Fsp3) is 0.348. The molecule has 2 rings (SSSR count). The molecule has 148 valence electrons. The number of rotatable bonds is 10. The van der Waals surface area contributed by atoms with Crippen LogP contribution in [0.2, 0.25) is 0 Å². The van der Waals surface area contributed by atoms with Gasteiger partial charge in [0.15, 0.2) is 5.78 Å². The Morgan fingerprint density at radius 3 is 2.04 bits per heavy atom. The van der Waals surface area contributed by atoms with Crippen LogP contribution >= 0.6 is 0 Å². The van der Waals surface area contributed by atoms with Crippen LogP contribution in [0.5, 0.6) is 0 Å². The van der Waals surface area contributed by atoms with E-state index in [4.69, 9.17) is 0 Å². The van der Waals surface area contributed by atoms with E-state index in [9.17, 15) is 19.5 Å². The van der Waals surface area contributed by atoms with Crippen molar-refractivity contribution in [1.29, 1.82) is 0 Å². The van der Waals surface area contributed by atoms with Gasteiger partial charge in [-0.3, -0.25) is 14.4 Å². The topological polar surface area (TPSA) is 83.5 Å². The summed E-state index contributed by atoms with van der Waals surface area (Å²) in [6.45, 7) is 3.86. The average molecular weight is 381 g/mol. The summed E-state index contributed by atoms with van der Waals surface area (Å²) >= 11 is 0. The first kappa shape index (κ1) is 21.4. The smallest absolute Gasteiger partial charge is 0.306 e. The number of benzene rings is 2. The maximum atomic E-state index is 12.9. The number of aliphatic carboxylic acids is 1. The lowest BCUT2D eigenvalue weighted by Gasteiger charge is -2.21. The second-order valence-electron chi connectivity index (χ2n) is 7.42. The summed E-state index contributed by atoms with van der Waals surface area (Å²) in [5.74, 6) is -2.17. The van der Waals surface area contributed by atoms with Crippen LogP contribution in [0.4, 0.5) is 0 Å². The maximum absolute atomic E-state index is 12.9. The summed E-state index contributed by atoms with van der Waals surface area (Å²) in [4.78, 5) is 37.1. The molecule has 0 unspecified atom stereocenters. The average Bonchev–Trinajstić information content (AvgIpc) is 2.68. The minimum absolute atomic E-state index is 0.0971. The van der Waals surface area contributed by atoms with E-state index in [0.29, 0.717) is 18.4 Å². The second-order valence-corrected chi connectivity index (χ2v) is 7.42. The van der Waals surface area contributed by atoms with E-state index >= 15 is 0 Å². The van der Waals surface area contributed by atoms with Gasteiger partial charge in [0.05, 0.1) is 12.0 Å². The number of carbonyl (C=O) groups is 3. The molecule has 0 radical (unpaired) electrons. The third-order valence-corrected chi connectivity index (χ3v) is 4.57. The SMILES string of the molecule is CC(C)C[C@H](CC(=O)[C@H](Cc1ccccc1)NC(=O)c1ccccc1)C(=O)O. The van der Waals surface area contributed by atoms with Crippen LogP contribution in [0.1, 0.15) is 42.6 Å². The largest absolute Gasteiger partial charge is 0.481 e. The van der Waals surface area contributed by atoms with Gasteiger partial charge in [0.1, 0.15) is 0 Å². The first-order valence-electron chi connectivity index (χ1n) is 9.52. The molecule has 0 saturated heterocycles. The monoisotopic (exact) mass is 381 g/mol. The van der Waals surface area contributed by atoms with Gasteiger partial charge in [-0.15, -0.1) is 0 Å². The van der Waals surface area contributed by atoms with Crippen LogP contribution in [0, 0.1) is 11.8 Å². The highest BCUT2D eigenvalue weighted by Gasteiger charge is 2.28.